The van der Waals surface area contributed by atoms with Gasteiger partial charge in [-0.2, -0.15) is 0 Å². The van der Waals surface area contributed by atoms with Crippen LogP contribution in [0.3, 0.4) is 0 Å². The molecule has 2 heterocycles. The van der Waals surface area contributed by atoms with Crippen LogP contribution in [0.15, 0.2) is 90.1 Å². The van der Waals surface area contributed by atoms with Gasteiger partial charge in [0, 0.05) is 43.4 Å². The maximum absolute atomic E-state index is 14.4. The third-order valence-corrected chi connectivity index (χ3v) is 11.6. The zero-order valence-electron chi connectivity index (χ0n) is 34.1. The second-order valence-corrected chi connectivity index (χ2v) is 15.7. The highest BCUT2D eigenvalue weighted by atomic mass is 35.5. The number of aromatic nitrogens is 1. The molecule has 6 rings (SSSR count). The van der Waals surface area contributed by atoms with Crippen LogP contribution in [0, 0.1) is 30.5 Å². The Hall–Kier alpha value is -4.49. The highest BCUT2D eigenvalue weighted by Crippen LogP contribution is 2.62. The molecule has 0 saturated heterocycles. The zero-order chi connectivity index (χ0) is 41.8. The van der Waals surface area contributed by atoms with Crippen molar-refractivity contribution < 1.29 is 43.2 Å². The van der Waals surface area contributed by atoms with E-state index in [9.17, 15) is 19.4 Å². The molecular formula is C46H57ClFN3O8. The van der Waals surface area contributed by atoms with Crippen LogP contribution in [0.1, 0.15) is 80.3 Å². The molecule has 1 amide bonds. The van der Waals surface area contributed by atoms with Crippen LogP contribution >= 0.6 is 11.6 Å². The number of alkyl halides is 1. The molecule has 6 atom stereocenters. The number of carbonyl (C=O) groups excluding carboxylic acids is 1. The van der Waals surface area contributed by atoms with E-state index >= 15 is 0 Å². The number of aryl methyl sites for hydroxylation is 1. The number of fused-ring (bicyclic) bond motifs is 2. The number of hydrogen-bond acceptors (Lipinski definition) is 10. The first-order chi connectivity index (χ1) is 28.8. The van der Waals surface area contributed by atoms with Crippen LogP contribution in [0.2, 0.25) is 0 Å². The number of aliphatic hydroxyl groups is 2. The zero-order valence-corrected chi connectivity index (χ0v) is 34.8. The van der Waals surface area contributed by atoms with Gasteiger partial charge in [0.05, 0.1) is 29.8 Å². The monoisotopic (exact) mass is 833 g/mol. The number of ether oxygens (including phenoxy) is 4. The first-order valence-corrected chi connectivity index (χ1v) is 21.3. The van der Waals surface area contributed by atoms with Gasteiger partial charge in [-0.05, 0) is 105 Å². The molecule has 2 aromatic carbocycles. The normalized spacial score (nSPS) is 23.7. The van der Waals surface area contributed by atoms with Crippen molar-refractivity contribution in [1.29, 1.82) is 0 Å². The molecule has 11 nitrogen and oxygen atoms in total. The third-order valence-electron chi connectivity index (χ3n) is 11.5. The molecule has 0 bridgehead atoms. The number of nitrogens with zero attached hydrogens (tertiary/aromatic N) is 3. The molecular weight excluding hydrogens is 777 g/mol. The molecule has 1 aliphatic heterocycles. The molecule has 318 valence electrons. The Balaban J connectivity index is 1.57. The van der Waals surface area contributed by atoms with Gasteiger partial charge in [-0.1, -0.05) is 48.3 Å². The van der Waals surface area contributed by atoms with Gasteiger partial charge in [0.15, 0.2) is 0 Å². The Morgan fingerprint density at radius 1 is 1.10 bits per heavy atom. The summed E-state index contributed by atoms with van der Waals surface area (Å²) in [5, 5.41) is 24.5. The van der Waals surface area contributed by atoms with Gasteiger partial charge < -0.3 is 34.0 Å². The average Bonchev–Trinajstić information content (AvgIpc) is 3.24. The number of allylic oxidation sites excluding steroid dienone is 1. The lowest BCUT2D eigenvalue weighted by molar-refractivity contribution is -0.256. The predicted molar refractivity (Wildman–Crippen MR) is 224 cm³/mol. The number of unbranched alkanes of at least 4 members (excludes halogenated alkanes) is 2. The van der Waals surface area contributed by atoms with E-state index in [1.165, 1.54) is 12.1 Å². The molecule has 13 heteroatoms. The lowest BCUT2D eigenvalue weighted by atomic mass is 9.55. The Kier molecular flexibility index (Phi) is 15.8. The smallest absolute Gasteiger partial charge is 0.410 e. The van der Waals surface area contributed by atoms with Crippen molar-refractivity contribution in [3.63, 3.8) is 0 Å². The summed E-state index contributed by atoms with van der Waals surface area (Å²) >= 11 is 6.04. The van der Waals surface area contributed by atoms with Gasteiger partial charge in [-0.3, -0.25) is 9.88 Å². The van der Waals surface area contributed by atoms with Crippen molar-refractivity contribution in [2.24, 2.45) is 22.9 Å². The van der Waals surface area contributed by atoms with Crippen molar-refractivity contribution in [2.75, 3.05) is 38.9 Å². The highest BCUT2D eigenvalue weighted by molar-refractivity contribution is 6.18. The summed E-state index contributed by atoms with van der Waals surface area (Å²) in [4.78, 5) is 26.4. The van der Waals surface area contributed by atoms with Crippen molar-refractivity contribution >= 4 is 23.4 Å². The van der Waals surface area contributed by atoms with Crippen molar-refractivity contribution in [1.82, 2.24) is 9.88 Å². The summed E-state index contributed by atoms with van der Waals surface area (Å²) in [5.74, 6) is -1.25. The van der Waals surface area contributed by atoms with Gasteiger partial charge in [0.1, 0.15) is 43.2 Å². The topological polar surface area (TPSA) is 132 Å². The van der Waals surface area contributed by atoms with E-state index in [2.05, 4.69) is 17.6 Å². The van der Waals surface area contributed by atoms with Crippen LogP contribution in [-0.2, 0) is 27.5 Å². The van der Waals surface area contributed by atoms with E-state index in [0.717, 1.165) is 48.2 Å². The minimum absolute atomic E-state index is 0.0258. The molecule has 2 N–H and O–H groups in total. The molecule has 59 heavy (non-hydrogen) atoms. The number of rotatable bonds is 21. The first-order valence-electron chi connectivity index (χ1n) is 20.8. The summed E-state index contributed by atoms with van der Waals surface area (Å²) in [6.07, 6.45) is 7.99. The molecule has 0 unspecified atom stereocenters. The molecule has 1 aromatic heterocycles. The maximum Gasteiger partial charge on any atom is 0.410 e. The fourth-order valence-electron chi connectivity index (χ4n) is 9.02. The quantitative estimate of drug-likeness (QED) is 0.0469. The van der Waals surface area contributed by atoms with Crippen LogP contribution in [0.5, 0.6) is 11.5 Å². The molecule has 1 fully saturated rings. The number of aliphatic hydroxyl groups excluding tert-OH is 2. The summed E-state index contributed by atoms with van der Waals surface area (Å²) in [5.41, 5.74) is 4.87. The van der Waals surface area contributed by atoms with E-state index in [1.54, 1.807) is 23.1 Å². The predicted octanol–water partition coefficient (Wildman–Crippen LogP) is 8.64. The Morgan fingerprint density at radius 3 is 2.59 bits per heavy atom. The minimum Gasteiger partial charge on any atom is -0.487 e. The summed E-state index contributed by atoms with van der Waals surface area (Å²) in [6.45, 7) is 8.68. The van der Waals surface area contributed by atoms with Crippen molar-refractivity contribution in [3.8, 4) is 11.5 Å². The molecule has 1 saturated carbocycles. The van der Waals surface area contributed by atoms with Crippen molar-refractivity contribution in [3.05, 3.63) is 113 Å². The number of benzene rings is 2. The second kappa shape index (κ2) is 21.2. The molecule has 0 radical (unpaired) electrons. The first kappa shape index (κ1) is 44.1. The maximum atomic E-state index is 14.4. The van der Waals surface area contributed by atoms with E-state index in [-0.39, 0.29) is 69.6 Å². The van der Waals surface area contributed by atoms with E-state index in [0.29, 0.717) is 42.2 Å². The Labute approximate surface area is 351 Å². The lowest BCUT2D eigenvalue weighted by Crippen LogP contribution is -2.70. The fourth-order valence-corrected chi connectivity index (χ4v) is 9.09. The van der Waals surface area contributed by atoms with Crippen LogP contribution in [0.25, 0.3) is 0 Å². The largest absolute Gasteiger partial charge is 0.487 e. The van der Waals surface area contributed by atoms with Crippen LogP contribution in [0.4, 0.5) is 9.18 Å². The van der Waals surface area contributed by atoms with Gasteiger partial charge in [0.2, 0.25) is 5.79 Å². The third kappa shape index (κ3) is 10.3. The number of halogens is 2. The van der Waals surface area contributed by atoms with E-state index in [4.69, 9.17) is 40.5 Å². The van der Waals surface area contributed by atoms with Crippen LogP contribution in [-0.4, -0.2) is 82.6 Å². The number of hydrogen-bond donors (Lipinski definition) is 2. The summed E-state index contributed by atoms with van der Waals surface area (Å²) < 4.78 is 40.6. The number of carbonyl (C=O) groups is 1. The molecule has 3 aromatic rings. The standard InChI is InChI=1S/C46H57ClFN3O8/c1-4-24-57-46-42(51(45(54)55-25-21-47)29-32-15-17-34(48)18-16-32)28-40(50-58-5-2)38-26-33(12-6-8-22-52)37(14-7-9-23-53)43(44(38)46)39-27-36(19-20-41(39)59-46)56-30-35-13-10-11-31(3)49-35/h4,10-11,13,15-20,26-27,33,37,42-44,52-53H,1,5-9,12,14,21-25,28-30H2,2-3H3/t33-,37+,42-,43+,44+,46+/m0/s1. The molecule has 2 aliphatic carbocycles. The number of oxime groups is 1. The summed E-state index contributed by atoms with van der Waals surface area (Å²) in [6, 6.07) is 16.8. The van der Waals surface area contributed by atoms with Gasteiger partial charge >= 0.3 is 6.09 Å². The van der Waals surface area contributed by atoms with Gasteiger partial charge in [0.25, 0.3) is 0 Å². The molecule has 3 aliphatic rings. The lowest BCUT2D eigenvalue weighted by Gasteiger charge is -2.59. The number of pyridine rings is 1. The van der Waals surface area contributed by atoms with E-state index < -0.39 is 29.7 Å². The Bertz CT molecular complexity index is 1930. The highest BCUT2D eigenvalue weighted by Gasteiger charge is 2.65. The Morgan fingerprint density at radius 2 is 1.88 bits per heavy atom. The van der Waals surface area contributed by atoms with Gasteiger partial charge in [-0.25, -0.2) is 9.18 Å². The van der Waals surface area contributed by atoms with Crippen LogP contribution < -0.4 is 9.47 Å². The fraction of sp³-hybridized carbons (Fsp3) is 0.500. The molecule has 0 spiro atoms. The average molecular weight is 834 g/mol. The van der Waals surface area contributed by atoms with Gasteiger partial charge in [-0.15, -0.1) is 18.2 Å². The van der Waals surface area contributed by atoms with E-state index in [1.807, 2.05) is 50.2 Å². The SMILES string of the molecule is C=CCO[C@@]12Oc3ccc(OCc4cccc(C)n4)cc3[C@H]3[C@H](CCCCO)[C@@H](CCCCO)C=C(C(=NOCC)C[C@@H]1N(Cc1ccc(F)cc1)C(=O)OCCCl)[C@H]32. The summed E-state index contributed by atoms with van der Waals surface area (Å²) in [7, 11) is 0. The number of amides is 1. The van der Waals surface area contributed by atoms with Crippen molar-refractivity contribution in [2.45, 2.75) is 89.7 Å². The second-order valence-electron chi connectivity index (χ2n) is 15.3. The minimum atomic E-state index is -1.50.